The van der Waals surface area contributed by atoms with Crippen LogP contribution in [0.2, 0.25) is 5.02 Å². The Morgan fingerprint density at radius 2 is 1.89 bits per heavy atom. The standard InChI is InChI=1S/C27H28ClN7S/c1-18-7-9-20-21(5-3-6-22(20)29-18)26-31-32-27(33(26)2)36-16-4-13-34-14-11-23-24(12-15-34)35-17-19(28)8-10-25(35)30-23/h3,5-10,17H,4,11-16H2,1-2H3. The van der Waals surface area contributed by atoms with Gasteiger partial charge in [0.15, 0.2) is 11.0 Å². The van der Waals surface area contributed by atoms with Gasteiger partial charge in [0, 0.05) is 67.3 Å². The molecule has 1 aliphatic rings. The Bertz CT molecular complexity index is 1560. The largest absolute Gasteiger partial charge is 0.305 e. The minimum Gasteiger partial charge on any atom is -0.305 e. The van der Waals surface area contributed by atoms with Gasteiger partial charge in [-0.1, -0.05) is 41.6 Å². The molecule has 0 amide bonds. The highest BCUT2D eigenvalue weighted by Gasteiger charge is 2.19. The van der Waals surface area contributed by atoms with Gasteiger partial charge in [0.05, 0.1) is 16.2 Å². The first-order chi connectivity index (χ1) is 17.6. The van der Waals surface area contributed by atoms with Gasteiger partial charge in [0.25, 0.3) is 0 Å². The maximum Gasteiger partial charge on any atom is 0.191 e. The number of imidazole rings is 1. The highest BCUT2D eigenvalue weighted by atomic mass is 35.5. The average molecular weight is 518 g/mol. The minimum atomic E-state index is 0.750. The molecule has 5 aromatic rings. The number of hydrogen-bond acceptors (Lipinski definition) is 6. The van der Waals surface area contributed by atoms with Crippen LogP contribution in [0, 0.1) is 6.92 Å². The van der Waals surface area contributed by atoms with Crippen molar-refractivity contribution in [3.63, 3.8) is 0 Å². The van der Waals surface area contributed by atoms with Gasteiger partial charge in [-0.25, -0.2) is 4.98 Å². The van der Waals surface area contributed by atoms with Crippen LogP contribution in [0.5, 0.6) is 0 Å². The fraction of sp³-hybridized carbons (Fsp3) is 0.333. The van der Waals surface area contributed by atoms with Crippen molar-refractivity contribution in [1.82, 2.24) is 34.0 Å². The number of hydrogen-bond donors (Lipinski definition) is 0. The van der Waals surface area contributed by atoms with Gasteiger partial charge >= 0.3 is 0 Å². The molecule has 36 heavy (non-hydrogen) atoms. The van der Waals surface area contributed by atoms with Crippen LogP contribution in [0.25, 0.3) is 27.9 Å². The monoisotopic (exact) mass is 517 g/mol. The average Bonchev–Trinajstić information content (AvgIpc) is 3.34. The third-order valence-electron chi connectivity index (χ3n) is 6.89. The van der Waals surface area contributed by atoms with Crippen molar-refractivity contribution in [2.75, 3.05) is 25.4 Å². The fourth-order valence-corrected chi connectivity index (χ4v) is 6.02. The van der Waals surface area contributed by atoms with Crippen molar-refractivity contribution < 1.29 is 0 Å². The SMILES string of the molecule is Cc1ccc2c(-c3nnc(SCCCN4CCc5nc6ccc(Cl)cn6c5CC4)n3C)cccc2n1. The lowest BCUT2D eigenvalue weighted by Crippen LogP contribution is -2.28. The predicted molar refractivity (Wildman–Crippen MR) is 146 cm³/mol. The second kappa shape index (κ2) is 9.84. The van der Waals surface area contributed by atoms with E-state index in [2.05, 4.69) is 41.2 Å². The molecule has 9 heteroatoms. The molecule has 0 saturated carbocycles. The molecule has 0 aliphatic carbocycles. The summed E-state index contributed by atoms with van der Waals surface area (Å²) in [5.41, 5.74) is 6.57. The first-order valence-corrected chi connectivity index (χ1v) is 13.7. The number of aromatic nitrogens is 6. The number of halogens is 1. The molecule has 184 valence electrons. The summed E-state index contributed by atoms with van der Waals surface area (Å²) in [6, 6.07) is 14.3. The molecule has 0 radical (unpaired) electrons. The molecule has 0 fully saturated rings. The van der Waals surface area contributed by atoms with Crippen molar-refractivity contribution in [2.24, 2.45) is 7.05 Å². The lowest BCUT2D eigenvalue weighted by Gasteiger charge is -2.19. The number of benzene rings is 1. The quantitative estimate of drug-likeness (QED) is 0.227. The maximum absolute atomic E-state index is 6.23. The van der Waals surface area contributed by atoms with Gasteiger partial charge in [0.2, 0.25) is 0 Å². The number of pyridine rings is 2. The number of aryl methyl sites for hydroxylation is 1. The van der Waals surface area contributed by atoms with Crippen molar-refractivity contribution in [3.8, 4) is 11.4 Å². The van der Waals surface area contributed by atoms with E-state index in [0.717, 1.165) is 88.5 Å². The molecular weight excluding hydrogens is 490 g/mol. The van der Waals surface area contributed by atoms with Crippen LogP contribution in [0.4, 0.5) is 0 Å². The molecule has 4 aromatic heterocycles. The second-order valence-electron chi connectivity index (χ2n) is 9.31. The molecule has 1 aromatic carbocycles. The zero-order valence-electron chi connectivity index (χ0n) is 20.5. The molecule has 6 rings (SSSR count). The Kier molecular flexibility index (Phi) is 6.41. The van der Waals surface area contributed by atoms with E-state index in [1.807, 2.05) is 50.5 Å². The van der Waals surface area contributed by atoms with Crippen LogP contribution < -0.4 is 0 Å². The predicted octanol–water partition coefficient (Wildman–Crippen LogP) is 5.22. The lowest BCUT2D eigenvalue weighted by molar-refractivity contribution is 0.288. The van der Waals surface area contributed by atoms with E-state index >= 15 is 0 Å². The molecule has 0 spiro atoms. The van der Waals surface area contributed by atoms with Crippen LogP contribution in [-0.2, 0) is 19.9 Å². The molecule has 0 unspecified atom stereocenters. The Balaban J connectivity index is 1.07. The van der Waals surface area contributed by atoms with Crippen molar-refractivity contribution in [3.05, 3.63) is 70.8 Å². The fourth-order valence-electron chi connectivity index (χ4n) is 5.02. The third-order valence-corrected chi connectivity index (χ3v) is 8.22. The van der Waals surface area contributed by atoms with E-state index in [1.54, 1.807) is 11.8 Å². The zero-order valence-corrected chi connectivity index (χ0v) is 22.1. The first kappa shape index (κ1) is 23.5. The normalized spacial score (nSPS) is 14.4. The number of rotatable bonds is 6. The summed E-state index contributed by atoms with van der Waals surface area (Å²) in [5.74, 6) is 1.88. The summed E-state index contributed by atoms with van der Waals surface area (Å²) in [4.78, 5) is 12.0. The number of thioether (sulfide) groups is 1. The van der Waals surface area contributed by atoms with E-state index in [0.29, 0.717) is 0 Å². The van der Waals surface area contributed by atoms with Gasteiger partial charge in [-0.3, -0.25) is 4.98 Å². The summed E-state index contributed by atoms with van der Waals surface area (Å²) in [6.07, 6.45) is 5.06. The second-order valence-corrected chi connectivity index (χ2v) is 10.8. The van der Waals surface area contributed by atoms with Crippen LogP contribution in [-0.4, -0.2) is 59.4 Å². The Morgan fingerprint density at radius 3 is 2.81 bits per heavy atom. The van der Waals surface area contributed by atoms with E-state index < -0.39 is 0 Å². The highest BCUT2D eigenvalue weighted by molar-refractivity contribution is 7.99. The molecule has 7 nitrogen and oxygen atoms in total. The van der Waals surface area contributed by atoms with Gasteiger partial charge in [0.1, 0.15) is 5.65 Å². The van der Waals surface area contributed by atoms with Gasteiger partial charge in [-0.05, 0) is 44.2 Å². The highest BCUT2D eigenvalue weighted by Crippen LogP contribution is 2.29. The topological polar surface area (TPSA) is 64.1 Å². The smallest absolute Gasteiger partial charge is 0.191 e. The van der Waals surface area contributed by atoms with Crippen LogP contribution >= 0.6 is 23.4 Å². The van der Waals surface area contributed by atoms with E-state index in [-0.39, 0.29) is 0 Å². The van der Waals surface area contributed by atoms with Crippen LogP contribution in [0.3, 0.4) is 0 Å². The Morgan fingerprint density at radius 1 is 1.00 bits per heavy atom. The van der Waals surface area contributed by atoms with Crippen molar-refractivity contribution >= 4 is 39.9 Å². The molecule has 0 N–H and O–H groups in total. The number of fused-ring (bicyclic) bond motifs is 4. The van der Waals surface area contributed by atoms with Gasteiger partial charge in [-0.2, -0.15) is 0 Å². The van der Waals surface area contributed by atoms with Crippen LogP contribution in [0.1, 0.15) is 23.5 Å². The molecule has 0 atom stereocenters. The first-order valence-electron chi connectivity index (χ1n) is 12.3. The summed E-state index contributed by atoms with van der Waals surface area (Å²) < 4.78 is 4.26. The Hall–Kier alpha value is -2.94. The van der Waals surface area contributed by atoms with Gasteiger partial charge < -0.3 is 13.9 Å². The van der Waals surface area contributed by atoms with Gasteiger partial charge in [-0.15, -0.1) is 10.2 Å². The summed E-state index contributed by atoms with van der Waals surface area (Å²) >= 11 is 8.00. The lowest BCUT2D eigenvalue weighted by atomic mass is 10.1. The third kappa shape index (κ3) is 4.49. The summed E-state index contributed by atoms with van der Waals surface area (Å²) in [5, 5.41) is 11.8. The zero-order chi connectivity index (χ0) is 24.6. The van der Waals surface area contributed by atoms with Crippen molar-refractivity contribution in [1.29, 1.82) is 0 Å². The molecule has 0 bridgehead atoms. The van der Waals surface area contributed by atoms with E-state index in [1.165, 1.54) is 11.4 Å². The molecule has 1 aliphatic heterocycles. The molecular formula is C27H28ClN7S. The minimum absolute atomic E-state index is 0.750. The number of nitrogens with zero attached hydrogens (tertiary/aromatic N) is 7. The maximum atomic E-state index is 6.23. The molecule has 5 heterocycles. The van der Waals surface area contributed by atoms with E-state index in [9.17, 15) is 0 Å². The Labute approximate surface area is 219 Å². The van der Waals surface area contributed by atoms with Crippen molar-refractivity contribution in [2.45, 2.75) is 31.3 Å². The molecule has 0 saturated heterocycles. The van der Waals surface area contributed by atoms with Crippen LogP contribution in [0.15, 0.2) is 53.8 Å². The summed E-state index contributed by atoms with van der Waals surface area (Å²) in [6.45, 7) is 5.17. The van der Waals surface area contributed by atoms with E-state index in [4.69, 9.17) is 16.6 Å². The summed E-state index contributed by atoms with van der Waals surface area (Å²) in [7, 11) is 2.05.